The summed E-state index contributed by atoms with van der Waals surface area (Å²) in [7, 11) is 0. The van der Waals surface area contributed by atoms with Gasteiger partial charge in [0.25, 0.3) is 5.91 Å². The van der Waals surface area contributed by atoms with Crippen molar-refractivity contribution in [2.75, 3.05) is 13.2 Å². The third-order valence-corrected chi connectivity index (χ3v) is 2.79. The number of nitrogens with zero attached hydrogens (tertiary/aromatic N) is 1. The maximum atomic E-state index is 11.5. The van der Waals surface area contributed by atoms with E-state index in [0.29, 0.717) is 0 Å². The molecule has 1 unspecified atom stereocenters. The lowest BCUT2D eigenvalue weighted by Gasteiger charge is -2.22. The predicted octanol–water partition coefficient (Wildman–Crippen LogP) is 0.843. The minimum Gasteiger partial charge on any atom is -0.439 e. The van der Waals surface area contributed by atoms with Crippen LogP contribution in [-0.4, -0.2) is 36.0 Å². The molecule has 1 heterocycles. The van der Waals surface area contributed by atoms with Crippen molar-refractivity contribution in [3.63, 3.8) is 0 Å². The molecule has 1 aromatic rings. The molecule has 0 aliphatic carbocycles. The molecule has 1 saturated heterocycles. The van der Waals surface area contributed by atoms with Crippen molar-refractivity contribution in [2.24, 2.45) is 0 Å². The zero-order valence-corrected chi connectivity index (χ0v) is 10.5. The molecule has 19 heavy (non-hydrogen) atoms. The Morgan fingerprint density at radius 3 is 2.58 bits per heavy atom. The van der Waals surface area contributed by atoms with Gasteiger partial charge in [-0.15, -0.1) is 0 Å². The van der Waals surface area contributed by atoms with Crippen LogP contribution >= 0.6 is 0 Å². The van der Waals surface area contributed by atoms with Crippen molar-refractivity contribution in [1.82, 2.24) is 10.2 Å². The van der Waals surface area contributed by atoms with E-state index in [1.807, 2.05) is 30.3 Å². The van der Waals surface area contributed by atoms with Gasteiger partial charge in [0.1, 0.15) is 0 Å². The molecule has 1 aromatic carbocycles. The van der Waals surface area contributed by atoms with Gasteiger partial charge in [0.05, 0.1) is 12.6 Å². The second-order valence-electron chi connectivity index (χ2n) is 4.22. The lowest BCUT2D eigenvalue weighted by Crippen LogP contribution is -2.39. The molecule has 2 rings (SSSR count). The lowest BCUT2D eigenvalue weighted by molar-refractivity contribution is -0.127. The van der Waals surface area contributed by atoms with Crippen LogP contribution in [0.15, 0.2) is 30.3 Å². The van der Waals surface area contributed by atoms with E-state index in [2.05, 4.69) is 10.1 Å². The largest absolute Gasteiger partial charge is 0.439 e. The van der Waals surface area contributed by atoms with E-state index in [4.69, 9.17) is 0 Å². The molecule has 6 nitrogen and oxygen atoms in total. The van der Waals surface area contributed by atoms with Gasteiger partial charge in [-0.25, -0.2) is 9.69 Å². The van der Waals surface area contributed by atoms with E-state index in [0.717, 1.165) is 10.5 Å². The van der Waals surface area contributed by atoms with Crippen LogP contribution in [0.1, 0.15) is 18.5 Å². The number of amides is 3. The summed E-state index contributed by atoms with van der Waals surface area (Å²) in [4.78, 5) is 35.2. The Balaban J connectivity index is 2.17. The summed E-state index contributed by atoms with van der Waals surface area (Å²) >= 11 is 0. The van der Waals surface area contributed by atoms with E-state index in [1.165, 1.54) is 6.92 Å². The highest BCUT2D eigenvalue weighted by atomic mass is 16.6. The Labute approximate surface area is 110 Å². The summed E-state index contributed by atoms with van der Waals surface area (Å²) in [5, 5.41) is 2.72. The number of hydrogen-bond acceptors (Lipinski definition) is 4. The number of cyclic esters (lactones) is 1. The number of hydrogen-bond donors (Lipinski definition) is 1. The second kappa shape index (κ2) is 5.51. The van der Waals surface area contributed by atoms with Crippen LogP contribution < -0.4 is 5.32 Å². The van der Waals surface area contributed by atoms with Crippen molar-refractivity contribution in [3.8, 4) is 0 Å². The van der Waals surface area contributed by atoms with E-state index < -0.39 is 18.0 Å². The molecule has 0 saturated carbocycles. The van der Waals surface area contributed by atoms with Gasteiger partial charge in [-0.2, -0.15) is 0 Å². The van der Waals surface area contributed by atoms with Gasteiger partial charge in [0, 0.05) is 6.92 Å². The van der Waals surface area contributed by atoms with Crippen LogP contribution in [0.3, 0.4) is 0 Å². The van der Waals surface area contributed by atoms with Crippen molar-refractivity contribution in [3.05, 3.63) is 35.9 Å². The molecule has 1 N–H and O–H groups in total. The fraction of sp³-hybridized carbons (Fsp3) is 0.308. The second-order valence-corrected chi connectivity index (χ2v) is 4.22. The Hall–Kier alpha value is -2.37. The van der Waals surface area contributed by atoms with Crippen LogP contribution in [0.2, 0.25) is 0 Å². The van der Waals surface area contributed by atoms with Crippen molar-refractivity contribution >= 4 is 17.9 Å². The van der Waals surface area contributed by atoms with Crippen LogP contribution in [-0.2, 0) is 14.3 Å². The number of nitrogens with one attached hydrogen (secondary N) is 1. The number of carbonyl (C=O) groups excluding carboxylic acids is 3. The van der Waals surface area contributed by atoms with Gasteiger partial charge < -0.3 is 10.1 Å². The van der Waals surface area contributed by atoms with Gasteiger partial charge in [0.2, 0.25) is 5.91 Å². The molecule has 0 radical (unpaired) electrons. The summed E-state index contributed by atoms with van der Waals surface area (Å²) in [6.07, 6.45) is -0.670. The first-order chi connectivity index (χ1) is 9.08. The minimum atomic E-state index is -0.670. The van der Waals surface area contributed by atoms with Gasteiger partial charge in [0.15, 0.2) is 6.61 Å². The SMILES string of the molecule is CC(=O)NC(CN1C(=O)COC1=O)c1ccccc1. The number of imide groups is 1. The molecule has 1 aliphatic rings. The average molecular weight is 262 g/mol. The molecule has 100 valence electrons. The Bertz CT molecular complexity index is 485. The normalized spacial score (nSPS) is 16.2. The molecule has 3 amide bonds. The highest BCUT2D eigenvalue weighted by Gasteiger charge is 2.33. The first kappa shape index (κ1) is 13.1. The maximum absolute atomic E-state index is 11.5. The molecule has 1 atom stereocenters. The van der Waals surface area contributed by atoms with Gasteiger partial charge >= 0.3 is 6.09 Å². The lowest BCUT2D eigenvalue weighted by atomic mass is 10.1. The number of rotatable bonds is 4. The summed E-state index contributed by atoms with van der Waals surface area (Å²) < 4.78 is 4.64. The van der Waals surface area contributed by atoms with Crippen LogP contribution in [0.4, 0.5) is 4.79 Å². The zero-order chi connectivity index (χ0) is 13.8. The average Bonchev–Trinajstić information content (AvgIpc) is 2.70. The molecule has 0 spiro atoms. The third kappa shape index (κ3) is 3.09. The van der Waals surface area contributed by atoms with Gasteiger partial charge in [-0.3, -0.25) is 9.59 Å². The molecular weight excluding hydrogens is 248 g/mol. The van der Waals surface area contributed by atoms with E-state index >= 15 is 0 Å². The quantitative estimate of drug-likeness (QED) is 0.872. The number of benzene rings is 1. The van der Waals surface area contributed by atoms with E-state index in [1.54, 1.807) is 0 Å². The van der Waals surface area contributed by atoms with Crippen LogP contribution in [0.5, 0.6) is 0 Å². The fourth-order valence-corrected chi connectivity index (χ4v) is 1.91. The maximum Gasteiger partial charge on any atom is 0.417 e. The number of ether oxygens (including phenoxy) is 1. The Kier molecular flexibility index (Phi) is 3.79. The minimum absolute atomic E-state index is 0.0707. The molecule has 0 aromatic heterocycles. The van der Waals surface area contributed by atoms with Crippen molar-refractivity contribution in [2.45, 2.75) is 13.0 Å². The van der Waals surface area contributed by atoms with Gasteiger partial charge in [-0.1, -0.05) is 30.3 Å². The molecule has 1 fully saturated rings. The van der Waals surface area contributed by atoms with Crippen molar-refractivity contribution in [1.29, 1.82) is 0 Å². The summed E-state index contributed by atoms with van der Waals surface area (Å²) in [5.41, 5.74) is 0.824. The first-order valence-corrected chi connectivity index (χ1v) is 5.87. The topological polar surface area (TPSA) is 75.7 Å². The smallest absolute Gasteiger partial charge is 0.417 e. The van der Waals surface area contributed by atoms with Crippen LogP contribution in [0, 0.1) is 0 Å². The van der Waals surface area contributed by atoms with E-state index in [9.17, 15) is 14.4 Å². The number of carbonyl (C=O) groups is 3. The summed E-state index contributed by atoms with van der Waals surface area (Å²) in [5.74, 6) is -0.620. The standard InChI is InChI=1S/C13H14N2O4/c1-9(16)14-11(10-5-3-2-4-6-10)7-15-12(17)8-19-13(15)18/h2-6,11H,7-8H2,1H3,(H,14,16). The Morgan fingerprint density at radius 1 is 1.37 bits per heavy atom. The van der Waals surface area contributed by atoms with E-state index in [-0.39, 0.29) is 19.1 Å². The molecule has 6 heteroatoms. The predicted molar refractivity (Wildman–Crippen MR) is 66.1 cm³/mol. The Morgan fingerprint density at radius 2 is 2.05 bits per heavy atom. The first-order valence-electron chi connectivity index (χ1n) is 5.87. The summed E-state index contributed by atoms with van der Waals surface area (Å²) in [6, 6.07) is 8.72. The molecule has 0 bridgehead atoms. The van der Waals surface area contributed by atoms with Gasteiger partial charge in [-0.05, 0) is 5.56 Å². The van der Waals surface area contributed by atoms with Crippen molar-refractivity contribution < 1.29 is 19.1 Å². The fourth-order valence-electron chi connectivity index (χ4n) is 1.91. The monoisotopic (exact) mass is 262 g/mol. The van der Waals surface area contributed by atoms with Crippen LogP contribution in [0.25, 0.3) is 0 Å². The molecular formula is C13H14N2O4. The third-order valence-electron chi connectivity index (χ3n) is 2.79. The highest BCUT2D eigenvalue weighted by Crippen LogP contribution is 2.17. The highest BCUT2D eigenvalue weighted by molar-refractivity contribution is 5.97. The molecule has 1 aliphatic heterocycles. The zero-order valence-electron chi connectivity index (χ0n) is 10.5. The summed E-state index contributed by atoms with van der Waals surface area (Å²) in [6.45, 7) is 1.22.